The maximum atomic E-state index is 14.5. The Kier molecular flexibility index (Phi) is 20.8. The van der Waals surface area contributed by atoms with Crippen molar-refractivity contribution in [3.8, 4) is 22.6 Å². The molecule has 4 aromatic rings. The van der Waals surface area contributed by atoms with Crippen molar-refractivity contribution in [3.05, 3.63) is 119 Å². The van der Waals surface area contributed by atoms with Crippen LogP contribution in [0.4, 0.5) is 9.59 Å². The average molecular weight is 1020 g/mol. The third-order valence-corrected chi connectivity index (χ3v) is 11.6. The van der Waals surface area contributed by atoms with Crippen LogP contribution in [-0.2, 0) is 41.5 Å². The molecule has 0 saturated carbocycles. The van der Waals surface area contributed by atoms with Gasteiger partial charge in [0.2, 0.25) is 17.7 Å². The molecule has 18 nitrogen and oxygen atoms in total. The van der Waals surface area contributed by atoms with Crippen LogP contribution in [0, 0.1) is 0 Å². The first-order valence-corrected chi connectivity index (χ1v) is 25.2. The fourth-order valence-corrected chi connectivity index (χ4v) is 7.70. The molecule has 0 fully saturated rings. The summed E-state index contributed by atoms with van der Waals surface area (Å²) in [5, 5.41) is 25.8. The van der Waals surface area contributed by atoms with Crippen LogP contribution in [-0.4, -0.2) is 95.4 Å². The van der Waals surface area contributed by atoms with Gasteiger partial charge in [-0.1, -0.05) is 86.1 Å². The summed E-state index contributed by atoms with van der Waals surface area (Å²) < 4.78 is 22.7. The number of carboxylic acid groups (broad SMARTS) is 1. The van der Waals surface area contributed by atoms with Gasteiger partial charge in [-0.2, -0.15) is 0 Å². The standard InChI is InChI=1S/C56H72N6O12/c1-9-10-16-36-20-23-38(24-21-36)39-25-27-40(28-26-39)48(64)60-42(30-32-58-54(70)74-56(6,7)8)49(65)62-44(33-37-22-29-45-46(34-37)72-52(71-45)41-17-12-11-13-18-41)50(66)59-35(2)47(63)61-43(51(67)68)19-14-15-31-57-53(69)73-55(3,4)5/h11-13,17-18,20-29,34-35,42-44,52H,9-10,14-16,19,30-33H2,1-8H3,(H,57,69)(H,58,70)(H,59,66)(H,60,64)(H,61,63)(H,62,65)(H,67,68)/t35-,42-,43-,44-,52?/m0/s1. The van der Waals surface area contributed by atoms with Gasteiger partial charge in [0.25, 0.3) is 12.2 Å². The number of fused-ring (bicyclic) bond motifs is 1. The average Bonchev–Trinajstić information content (AvgIpc) is 3.77. The van der Waals surface area contributed by atoms with E-state index in [9.17, 15) is 38.7 Å². The predicted octanol–water partition coefficient (Wildman–Crippen LogP) is 7.68. The van der Waals surface area contributed by atoms with E-state index in [0.29, 0.717) is 29.9 Å². The lowest BCUT2D eigenvalue weighted by atomic mass is 10.0. The van der Waals surface area contributed by atoms with Gasteiger partial charge in [-0.05, 0) is 134 Å². The fourth-order valence-electron chi connectivity index (χ4n) is 7.70. The Bertz CT molecular complexity index is 2540. The zero-order valence-electron chi connectivity index (χ0n) is 43.6. The Hall–Kier alpha value is -7.63. The Morgan fingerprint density at radius 3 is 1.77 bits per heavy atom. The SMILES string of the molecule is CCCCc1ccc(-c2ccc(C(=O)N[C@@H](CCNC(=O)OC(C)(C)C)C(=O)N[C@@H](Cc3ccc4c(c3)OC(c3ccccc3)O4)C(=O)N[C@@H](C)C(=O)N[C@@H](CCCCNC(=O)OC(C)(C)C)C(=O)O)cc2)cc1. The third-order valence-electron chi connectivity index (χ3n) is 11.6. The summed E-state index contributed by atoms with van der Waals surface area (Å²) in [5.41, 5.74) is 3.18. The summed E-state index contributed by atoms with van der Waals surface area (Å²) in [4.78, 5) is 93.0. The van der Waals surface area contributed by atoms with E-state index in [1.807, 2.05) is 54.6 Å². The number of carboxylic acids is 1. The molecule has 1 aliphatic heterocycles. The molecule has 5 rings (SSSR count). The zero-order chi connectivity index (χ0) is 54.0. The minimum atomic E-state index is -1.37. The Morgan fingerprint density at radius 2 is 1.16 bits per heavy atom. The monoisotopic (exact) mass is 1020 g/mol. The number of carbonyl (C=O) groups is 7. The molecule has 0 spiro atoms. The van der Waals surface area contributed by atoms with E-state index < -0.39 is 83.4 Å². The maximum Gasteiger partial charge on any atom is 0.407 e. The molecule has 0 aromatic heterocycles. The minimum absolute atomic E-state index is 0.0265. The summed E-state index contributed by atoms with van der Waals surface area (Å²) in [6.45, 7) is 14.0. The van der Waals surface area contributed by atoms with Gasteiger partial charge in [0, 0.05) is 30.6 Å². The predicted molar refractivity (Wildman–Crippen MR) is 278 cm³/mol. The molecule has 1 aliphatic rings. The van der Waals surface area contributed by atoms with E-state index in [2.05, 4.69) is 51.0 Å². The van der Waals surface area contributed by atoms with Crippen molar-refractivity contribution in [3.63, 3.8) is 0 Å². The molecule has 0 bridgehead atoms. The quantitative estimate of drug-likeness (QED) is 0.0334. The topological polar surface area (TPSA) is 249 Å². The van der Waals surface area contributed by atoms with E-state index >= 15 is 0 Å². The molecular formula is C56H72N6O12. The summed E-state index contributed by atoms with van der Waals surface area (Å²) in [5.74, 6) is -3.42. The molecule has 6 amide bonds. The summed E-state index contributed by atoms with van der Waals surface area (Å²) >= 11 is 0. The highest BCUT2D eigenvalue weighted by Crippen LogP contribution is 2.41. The van der Waals surface area contributed by atoms with Crippen LogP contribution in [0.25, 0.3) is 11.1 Å². The number of alkyl carbamates (subject to hydrolysis) is 2. The van der Waals surface area contributed by atoms with Crippen molar-refractivity contribution >= 4 is 41.8 Å². The highest BCUT2D eigenvalue weighted by molar-refractivity contribution is 5.99. The lowest BCUT2D eigenvalue weighted by molar-refractivity contribution is -0.142. The van der Waals surface area contributed by atoms with Gasteiger partial charge >= 0.3 is 18.2 Å². The summed E-state index contributed by atoms with van der Waals surface area (Å²) in [7, 11) is 0. The molecule has 18 heteroatoms. The zero-order valence-corrected chi connectivity index (χ0v) is 43.6. The molecule has 1 unspecified atom stereocenters. The van der Waals surface area contributed by atoms with Gasteiger partial charge in [0.1, 0.15) is 35.4 Å². The molecule has 7 N–H and O–H groups in total. The number of carbonyl (C=O) groups excluding carboxylic acids is 6. The molecule has 398 valence electrons. The van der Waals surface area contributed by atoms with Gasteiger partial charge in [0.15, 0.2) is 11.5 Å². The Labute approximate surface area is 433 Å². The first kappa shape index (κ1) is 57.3. The third kappa shape index (κ3) is 18.8. The number of rotatable bonds is 24. The van der Waals surface area contributed by atoms with Gasteiger partial charge in [-0.15, -0.1) is 0 Å². The number of aliphatic carboxylic acids is 1. The number of amides is 6. The van der Waals surface area contributed by atoms with Crippen LogP contribution >= 0.6 is 0 Å². The number of hydrogen-bond acceptors (Lipinski definition) is 11. The van der Waals surface area contributed by atoms with Crippen LogP contribution in [0.5, 0.6) is 11.5 Å². The Morgan fingerprint density at radius 1 is 0.595 bits per heavy atom. The molecular weight excluding hydrogens is 949 g/mol. The van der Waals surface area contributed by atoms with Crippen LogP contribution in [0.15, 0.2) is 97.1 Å². The van der Waals surface area contributed by atoms with Crippen LogP contribution in [0.1, 0.15) is 127 Å². The van der Waals surface area contributed by atoms with Crippen LogP contribution in [0.3, 0.4) is 0 Å². The van der Waals surface area contributed by atoms with Crippen molar-refractivity contribution in [2.24, 2.45) is 0 Å². The normalized spacial score (nSPS) is 14.5. The second kappa shape index (κ2) is 26.9. The maximum absolute atomic E-state index is 14.5. The molecule has 1 heterocycles. The van der Waals surface area contributed by atoms with Gasteiger partial charge in [-0.25, -0.2) is 14.4 Å². The van der Waals surface area contributed by atoms with Crippen molar-refractivity contribution in [1.82, 2.24) is 31.9 Å². The van der Waals surface area contributed by atoms with E-state index in [1.165, 1.54) is 12.5 Å². The fraction of sp³-hybridized carbons (Fsp3) is 0.446. The number of unbranched alkanes of at least 4 members (excludes halogenated alkanes) is 2. The van der Waals surface area contributed by atoms with Crippen molar-refractivity contribution in [1.29, 1.82) is 0 Å². The van der Waals surface area contributed by atoms with Crippen LogP contribution in [0.2, 0.25) is 0 Å². The molecule has 5 atom stereocenters. The van der Waals surface area contributed by atoms with Gasteiger partial charge < -0.3 is 56.0 Å². The summed E-state index contributed by atoms with van der Waals surface area (Å²) in [6, 6.07) is 24.2. The molecule has 0 aliphatic carbocycles. The van der Waals surface area contributed by atoms with Crippen LogP contribution < -0.4 is 41.4 Å². The first-order valence-electron chi connectivity index (χ1n) is 25.2. The highest BCUT2D eigenvalue weighted by atomic mass is 16.7. The second-order valence-electron chi connectivity index (χ2n) is 20.2. The van der Waals surface area contributed by atoms with E-state index in [1.54, 1.807) is 71.9 Å². The van der Waals surface area contributed by atoms with Gasteiger partial charge in [-0.3, -0.25) is 19.2 Å². The molecule has 0 saturated heterocycles. The largest absolute Gasteiger partial charge is 0.480 e. The number of aryl methyl sites for hydroxylation is 1. The Balaban J connectivity index is 1.33. The molecule has 4 aromatic carbocycles. The first-order chi connectivity index (χ1) is 35.1. The lowest BCUT2D eigenvalue weighted by Crippen LogP contribution is -2.58. The smallest absolute Gasteiger partial charge is 0.407 e. The van der Waals surface area contributed by atoms with Crippen molar-refractivity contribution < 1.29 is 57.6 Å². The van der Waals surface area contributed by atoms with E-state index in [-0.39, 0.29) is 37.9 Å². The number of hydrogen-bond donors (Lipinski definition) is 7. The minimum Gasteiger partial charge on any atom is -0.480 e. The second-order valence-corrected chi connectivity index (χ2v) is 20.2. The summed E-state index contributed by atoms with van der Waals surface area (Å²) in [6.07, 6.45) is 1.62. The molecule has 74 heavy (non-hydrogen) atoms. The van der Waals surface area contributed by atoms with E-state index in [4.69, 9.17) is 18.9 Å². The van der Waals surface area contributed by atoms with Gasteiger partial charge in [0.05, 0.1) is 0 Å². The molecule has 0 radical (unpaired) electrons. The lowest BCUT2D eigenvalue weighted by Gasteiger charge is -2.25. The van der Waals surface area contributed by atoms with E-state index in [0.717, 1.165) is 36.0 Å². The number of nitrogens with one attached hydrogen (secondary N) is 6. The van der Waals surface area contributed by atoms with Crippen molar-refractivity contribution in [2.75, 3.05) is 13.1 Å². The number of benzene rings is 4. The van der Waals surface area contributed by atoms with Crippen molar-refractivity contribution in [2.45, 2.75) is 148 Å². The number of ether oxygens (including phenoxy) is 4. The highest BCUT2D eigenvalue weighted by Gasteiger charge is 2.32.